The summed E-state index contributed by atoms with van der Waals surface area (Å²) in [5.41, 5.74) is 2.29. The Morgan fingerprint density at radius 3 is 2.55 bits per heavy atom. The first-order valence-electron chi connectivity index (χ1n) is 21.4. The highest BCUT2D eigenvalue weighted by Gasteiger charge is 2.31. The normalized spacial score (nSPS) is 19.2. The molecule has 8 rings (SSSR count). The smallest absolute Gasteiger partial charge is 0.234 e. The standard InChI is InChI=1S/C44H54FN11O4S2/c1-5-23-62(59,60)53-34-8-6-7-33(38(34)45)39-40(61-42(52-39)44(2,3)4)35-13-18-46-43(50-35)49-30-25-48-56(27-30)31-16-20-54(21-17-31)19-14-28-15-22-55(26-28)36-11-9-29(24-47-36)32-10-12-37(57)51-41(32)58/h6-9,11,13,18,24-25,27-28,31-32,53H,5,10,12,14-17,19-23,26H2,1-4H3,(H,46,49,50)(H,51,57,58)/t28-,32?/m0/s1. The summed E-state index contributed by atoms with van der Waals surface area (Å²) in [6.45, 7) is 12.9. The number of aromatic nitrogens is 6. The highest BCUT2D eigenvalue weighted by molar-refractivity contribution is 7.92. The number of imide groups is 1. The molecule has 2 atom stereocenters. The molecule has 0 bridgehead atoms. The fraction of sp³-hybridized carbons (Fsp3) is 0.477. The molecule has 0 aliphatic carbocycles. The van der Waals surface area contributed by atoms with Crippen molar-refractivity contribution in [3.8, 4) is 21.8 Å². The molecule has 5 aromatic rings. The Morgan fingerprint density at radius 1 is 0.984 bits per heavy atom. The number of likely N-dealkylation sites (tertiary alicyclic amines) is 1. The van der Waals surface area contributed by atoms with Gasteiger partial charge in [-0.1, -0.05) is 39.8 Å². The van der Waals surface area contributed by atoms with Crippen molar-refractivity contribution in [2.45, 2.75) is 90.0 Å². The van der Waals surface area contributed by atoms with Crippen molar-refractivity contribution in [1.82, 2.24) is 39.9 Å². The van der Waals surface area contributed by atoms with Crippen molar-refractivity contribution in [2.24, 2.45) is 5.92 Å². The minimum Gasteiger partial charge on any atom is -0.356 e. The number of piperidine rings is 2. The minimum atomic E-state index is -3.71. The minimum absolute atomic E-state index is 0.113. The summed E-state index contributed by atoms with van der Waals surface area (Å²) >= 11 is 1.43. The lowest BCUT2D eigenvalue weighted by Gasteiger charge is -2.32. The molecule has 0 saturated carbocycles. The summed E-state index contributed by atoms with van der Waals surface area (Å²) in [6, 6.07) is 10.7. The second-order valence-electron chi connectivity index (χ2n) is 17.5. The zero-order valence-electron chi connectivity index (χ0n) is 35.6. The Morgan fingerprint density at radius 2 is 1.81 bits per heavy atom. The van der Waals surface area contributed by atoms with Crippen LogP contribution in [0.4, 0.5) is 27.5 Å². The van der Waals surface area contributed by atoms with Crippen LogP contribution in [0.1, 0.15) is 95.2 Å². The zero-order valence-corrected chi connectivity index (χ0v) is 37.2. The lowest BCUT2D eigenvalue weighted by Crippen LogP contribution is -2.39. The van der Waals surface area contributed by atoms with Crippen LogP contribution < -0.4 is 20.3 Å². The molecule has 0 radical (unpaired) electrons. The van der Waals surface area contributed by atoms with Gasteiger partial charge in [0.15, 0.2) is 5.82 Å². The van der Waals surface area contributed by atoms with Gasteiger partial charge in [-0.15, -0.1) is 11.3 Å². The molecule has 3 saturated heterocycles. The predicted octanol–water partition coefficient (Wildman–Crippen LogP) is 7.26. The molecule has 0 spiro atoms. The van der Waals surface area contributed by atoms with Crippen LogP contribution in [0.3, 0.4) is 0 Å². The molecule has 7 heterocycles. The van der Waals surface area contributed by atoms with E-state index in [1.165, 1.54) is 17.4 Å². The molecule has 3 aliphatic rings. The van der Waals surface area contributed by atoms with E-state index in [-0.39, 0.29) is 46.2 Å². The number of hydrogen-bond acceptors (Lipinski definition) is 13. The number of amides is 2. The van der Waals surface area contributed by atoms with E-state index in [1.54, 1.807) is 43.7 Å². The summed E-state index contributed by atoms with van der Waals surface area (Å²) in [6.07, 6.45) is 12.8. The summed E-state index contributed by atoms with van der Waals surface area (Å²) < 4.78 is 45.6. The van der Waals surface area contributed by atoms with Crippen molar-refractivity contribution < 1.29 is 22.4 Å². The Balaban J connectivity index is 0.856. The molecule has 3 N–H and O–H groups in total. The number of benzene rings is 1. The second kappa shape index (κ2) is 18.2. The highest BCUT2D eigenvalue weighted by Crippen LogP contribution is 2.42. The molecule has 62 heavy (non-hydrogen) atoms. The maximum Gasteiger partial charge on any atom is 0.234 e. The Kier molecular flexibility index (Phi) is 12.7. The van der Waals surface area contributed by atoms with Crippen LogP contribution in [0.15, 0.2) is 61.2 Å². The Hall–Kier alpha value is -5.33. The zero-order chi connectivity index (χ0) is 43.6. The van der Waals surface area contributed by atoms with E-state index in [2.05, 4.69) is 30.1 Å². The van der Waals surface area contributed by atoms with Crippen molar-refractivity contribution >= 4 is 56.3 Å². The topological polar surface area (TPSA) is 180 Å². The number of halogens is 1. The molecule has 4 aromatic heterocycles. The fourth-order valence-corrected chi connectivity index (χ4v) is 10.6. The van der Waals surface area contributed by atoms with Gasteiger partial charge >= 0.3 is 0 Å². The number of thiazole rings is 1. The van der Waals surface area contributed by atoms with Crippen LogP contribution in [-0.2, 0) is 25.0 Å². The third-order valence-electron chi connectivity index (χ3n) is 11.8. The molecule has 15 nitrogen and oxygen atoms in total. The predicted molar refractivity (Wildman–Crippen MR) is 239 cm³/mol. The molecule has 3 fully saturated rings. The van der Waals surface area contributed by atoms with Gasteiger partial charge in [0.25, 0.3) is 0 Å². The van der Waals surface area contributed by atoms with Gasteiger partial charge in [-0.2, -0.15) is 5.10 Å². The number of carbonyl (C=O) groups is 2. The lowest BCUT2D eigenvalue weighted by atomic mass is 9.92. The van der Waals surface area contributed by atoms with Crippen molar-refractivity contribution in [3.05, 3.63) is 77.6 Å². The summed E-state index contributed by atoms with van der Waals surface area (Å²) in [5.74, 6) is 0.320. The summed E-state index contributed by atoms with van der Waals surface area (Å²) in [5, 5.41) is 11.2. The number of hydrogen-bond donors (Lipinski definition) is 3. The summed E-state index contributed by atoms with van der Waals surface area (Å²) in [7, 11) is -3.71. The third-order valence-corrected chi connectivity index (χ3v) is 14.8. The number of pyridine rings is 1. The van der Waals surface area contributed by atoms with E-state index in [1.807, 2.05) is 43.8 Å². The number of nitrogens with zero attached hydrogens (tertiary/aromatic N) is 8. The first-order chi connectivity index (χ1) is 29.7. The molecular formula is C44H54FN11O4S2. The van der Waals surface area contributed by atoms with Crippen molar-refractivity contribution in [1.29, 1.82) is 0 Å². The molecule has 18 heteroatoms. The quantitative estimate of drug-likeness (QED) is 0.0952. The Bertz CT molecular complexity index is 2510. The van der Waals surface area contributed by atoms with Crippen molar-refractivity contribution in [2.75, 3.05) is 53.4 Å². The number of anilines is 4. The SMILES string of the molecule is CCCS(=O)(=O)Nc1cccc(-c2nc(C(C)(C)C)sc2-c2ccnc(Nc3cnn(C4CCN(CC[C@H]5CCN(c6ccc(C7CCC(=O)NC7=O)cn6)C5)CC4)c3)n2)c1F. The monoisotopic (exact) mass is 883 g/mol. The van der Waals surface area contributed by atoms with E-state index in [4.69, 9.17) is 20.1 Å². The van der Waals surface area contributed by atoms with Crippen molar-refractivity contribution in [3.63, 3.8) is 0 Å². The van der Waals surface area contributed by atoms with E-state index >= 15 is 4.39 Å². The largest absolute Gasteiger partial charge is 0.356 e. The number of nitrogens with one attached hydrogen (secondary N) is 3. The first-order valence-corrected chi connectivity index (χ1v) is 23.9. The van der Waals surface area contributed by atoms with Gasteiger partial charge in [-0.25, -0.2) is 32.7 Å². The van der Waals surface area contributed by atoms with Crippen LogP contribution >= 0.6 is 11.3 Å². The summed E-state index contributed by atoms with van der Waals surface area (Å²) in [4.78, 5) is 48.3. The third kappa shape index (κ3) is 9.97. The number of sulfonamides is 1. The molecule has 1 aromatic carbocycles. The second-order valence-corrected chi connectivity index (χ2v) is 20.4. The lowest BCUT2D eigenvalue weighted by molar-refractivity contribution is -0.134. The molecule has 3 aliphatic heterocycles. The molecule has 1 unspecified atom stereocenters. The van der Waals surface area contributed by atoms with Crippen LogP contribution in [-0.4, -0.2) is 93.3 Å². The van der Waals surface area contributed by atoms with Crippen LogP contribution in [0.25, 0.3) is 21.8 Å². The maximum absolute atomic E-state index is 16.1. The number of rotatable bonds is 14. The van der Waals surface area contributed by atoms with Crippen LogP contribution in [0, 0.1) is 11.7 Å². The number of carbonyl (C=O) groups excluding carboxylic acids is 2. The van der Waals surface area contributed by atoms with Gasteiger partial charge in [0, 0.05) is 62.2 Å². The van der Waals surface area contributed by atoms with Gasteiger partial charge in [-0.05, 0) is 80.8 Å². The van der Waals surface area contributed by atoms with Gasteiger partial charge in [-0.3, -0.25) is 24.3 Å². The van der Waals surface area contributed by atoms with Crippen LogP contribution in [0.2, 0.25) is 0 Å². The first kappa shape index (κ1) is 43.3. The molecule has 328 valence electrons. The van der Waals surface area contributed by atoms with Gasteiger partial charge in [0.1, 0.15) is 5.82 Å². The van der Waals surface area contributed by atoms with Gasteiger partial charge in [0.2, 0.25) is 27.8 Å². The average molecular weight is 884 g/mol. The fourth-order valence-electron chi connectivity index (χ4n) is 8.41. The molecular weight excluding hydrogens is 830 g/mol. The Labute approximate surface area is 366 Å². The highest BCUT2D eigenvalue weighted by atomic mass is 32.2. The van der Waals surface area contributed by atoms with E-state index in [0.29, 0.717) is 47.4 Å². The van der Waals surface area contributed by atoms with E-state index in [9.17, 15) is 18.0 Å². The van der Waals surface area contributed by atoms with Gasteiger partial charge in [0.05, 0.1) is 56.6 Å². The van der Waals surface area contributed by atoms with Crippen LogP contribution in [0.5, 0.6) is 0 Å². The molecule has 2 amide bonds. The van der Waals surface area contributed by atoms with E-state index in [0.717, 1.165) is 80.5 Å². The van der Waals surface area contributed by atoms with Gasteiger partial charge < -0.3 is 15.1 Å². The average Bonchev–Trinajstić information content (AvgIpc) is 4.02. The maximum atomic E-state index is 16.1. The van der Waals surface area contributed by atoms with E-state index < -0.39 is 15.8 Å².